The molecule has 2 aliphatic heterocycles. The van der Waals surface area contributed by atoms with E-state index in [0.29, 0.717) is 5.69 Å². The van der Waals surface area contributed by atoms with E-state index in [1.54, 1.807) is 16.9 Å². The molecule has 98 valence electrons. The molecule has 1 aromatic rings. The first-order valence-corrected chi connectivity index (χ1v) is 7.86. The molecule has 0 N–H and O–H groups in total. The Morgan fingerprint density at radius 3 is 2.61 bits per heavy atom. The van der Waals surface area contributed by atoms with Crippen LogP contribution in [0.5, 0.6) is 0 Å². The summed E-state index contributed by atoms with van der Waals surface area (Å²) in [4.78, 5) is 12.4. The minimum Gasteiger partial charge on any atom is -0.292 e. The van der Waals surface area contributed by atoms with Gasteiger partial charge >= 0.3 is 0 Å². The van der Waals surface area contributed by atoms with Crippen LogP contribution in [0.3, 0.4) is 0 Å². The SMILES string of the molecule is Cn1ccc(C(=O)C2CC3CCCC(C2)S3=O)n1. The van der Waals surface area contributed by atoms with Crippen molar-refractivity contribution in [3.8, 4) is 0 Å². The van der Waals surface area contributed by atoms with Crippen molar-refractivity contribution in [3.63, 3.8) is 0 Å². The van der Waals surface area contributed by atoms with Crippen LogP contribution < -0.4 is 0 Å². The van der Waals surface area contributed by atoms with E-state index in [4.69, 9.17) is 0 Å². The van der Waals surface area contributed by atoms with Crippen molar-refractivity contribution in [2.45, 2.75) is 42.6 Å². The standard InChI is InChI=1S/C13H18N2O2S/c1-15-6-5-12(14-15)13(16)9-7-10-3-2-4-11(8-9)18(10)17/h5-6,9-11H,2-4,7-8H2,1H3. The molecule has 4 nitrogen and oxygen atoms in total. The molecule has 0 radical (unpaired) electrons. The molecule has 2 unspecified atom stereocenters. The fraction of sp³-hybridized carbons (Fsp3) is 0.692. The van der Waals surface area contributed by atoms with E-state index < -0.39 is 10.8 Å². The number of aryl methyl sites for hydroxylation is 1. The first-order valence-electron chi connectivity index (χ1n) is 6.58. The smallest absolute Gasteiger partial charge is 0.186 e. The summed E-state index contributed by atoms with van der Waals surface area (Å²) in [5.74, 6) is 0.178. The van der Waals surface area contributed by atoms with Crippen LogP contribution in [0.15, 0.2) is 12.3 Å². The van der Waals surface area contributed by atoms with Crippen LogP contribution in [0.25, 0.3) is 0 Å². The number of carbonyl (C=O) groups excluding carboxylic acids is 1. The quantitative estimate of drug-likeness (QED) is 0.765. The highest BCUT2D eigenvalue weighted by Crippen LogP contribution is 2.38. The zero-order chi connectivity index (χ0) is 12.7. The second kappa shape index (κ2) is 4.61. The van der Waals surface area contributed by atoms with Gasteiger partial charge in [0.05, 0.1) is 0 Å². The van der Waals surface area contributed by atoms with E-state index in [2.05, 4.69) is 5.10 Å². The first kappa shape index (κ1) is 12.1. The summed E-state index contributed by atoms with van der Waals surface area (Å²) in [6.45, 7) is 0. The van der Waals surface area contributed by atoms with E-state index in [0.717, 1.165) is 25.7 Å². The Labute approximate surface area is 109 Å². The van der Waals surface area contributed by atoms with Crippen LogP contribution in [-0.2, 0) is 17.8 Å². The molecule has 18 heavy (non-hydrogen) atoms. The summed E-state index contributed by atoms with van der Waals surface area (Å²) in [5.41, 5.74) is 0.563. The molecule has 2 bridgehead atoms. The molecule has 2 saturated heterocycles. The minimum absolute atomic E-state index is 0.0351. The third-order valence-electron chi connectivity index (χ3n) is 4.14. The number of carbonyl (C=O) groups is 1. The van der Waals surface area contributed by atoms with Gasteiger partial charge in [0.2, 0.25) is 0 Å². The lowest BCUT2D eigenvalue weighted by atomic mass is 9.86. The largest absolute Gasteiger partial charge is 0.292 e. The first-order chi connectivity index (χ1) is 8.65. The van der Waals surface area contributed by atoms with E-state index in [9.17, 15) is 9.00 Å². The molecule has 0 aromatic carbocycles. The van der Waals surface area contributed by atoms with Crippen LogP contribution in [0.2, 0.25) is 0 Å². The maximum absolute atomic E-state index is 12.4. The number of nitrogens with zero attached hydrogens (tertiary/aromatic N) is 2. The summed E-state index contributed by atoms with van der Waals surface area (Å²) < 4.78 is 13.8. The van der Waals surface area contributed by atoms with Crippen molar-refractivity contribution in [3.05, 3.63) is 18.0 Å². The summed E-state index contributed by atoms with van der Waals surface area (Å²) in [6, 6.07) is 1.78. The molecule has 2 atom stereocenters. The Morgan fingerprint density at radius 2 is 2.06 bits per heavy atom. The number of Topliss-reactive ketones (excluding diaryl/α,β-unsaturated/α-hetero) is 1. The predicted molar refractivity (Wildman–Crippen MR) is 69.8 cm³/mol. The fourth-order valence-corrected chi connectivity index (χ4v) is 5.39. The Balaban J connectivity index is 1.78. The summed E-state index contributed by atoms with van der Waals surface area (Å²) in [7, 11) is 1.12. The molecule has 0 aliphatic carbocycles. The van der Waals surface area contributed by atoms with Crippen LogP contribution in [0.4, 0.5) is 0 Å². The van der Waals surface area contributed by atoms with Crippen molar-refractivity contribution in [2.75, 3.05) is 0 Å². The zero-order valence-corrected chi connectivity index (χ0v) is 11.4. The van der Waals surface area contributed by atoms with Crippen molar-refractivity contribution in [2.24, 2.45) is 13.0 Å². The van der Waals surface area contributed by atoms with Crippen LogP contribution >= 0.6 is 0 Å². The summed E-state index contributed by atoms with van der Waals surface area (Å²) in [6.07, 6.45) is 6.60. The van der Waals surface area contributed by atoms with Crippen LogP contribution in [-0.4, -0.2) is 30.3 Å². The predicted octanol–water partition coefficient (Wildman–Crippen LogP) is 1.68. The number of hydrogen-bond donors (Lipinski definition) is 0. The van der Waals surface area contributed by atoms with Gasteiger partial charge in [-0.25, -0.2) is 0 Å². The van der Waals surface area contributed by atoms with Gasteiger partial charge < -0.3 is 0 Å². The minimum atomic E-state index is -0.702. The molecular formula is C13H18N2O2S. The lowest BCUT2D eigenvalue weighted by molar-refractivity contribution is 0.0889. The van der Waals surface area contributed by atoms with Gasteiger partial charge in [-0.15, -0.1) is 0 Å². The Kier molecular flexibility index (Phi) is 3.09. The van der Waals surface area contributed by atoms with Crippen molar-refractivity contribution in [1.82, 2.24) is 9.78 Å². The van der Waals surface area contributed by atoms with Gasteiger partial charge in [-0.05, 0) is 31.7 Å². The van der Waals surface area contributed by atoms with Crippen LogP contribution in [0.1, 0.15) is 42.6 Å². The normalized spacial score (nSPS) is 35.4. The highest BCUT2D eigenvalue weighted by molar-refractivity contribution is 7.86. The lowest BCUT2D eigenvalue weighted by Gasteiger charge is -2.37. The number of ketones is 1. The molecule has 5 heteroatoms. The lowest BCUT2D eigenvalue weighted by Crippen LogP contribution is -2.41. The highest BCUT2D eigenvalue weighted by atomic mass is 32.2. The molecule has 0 amide bonds. The van der Waals surface area contributed by atoms with Gasteiger partial charge in [0.25, 0.3) is 0 Å². The topological polar surface area (TPSA) is 52.0 Å². The van der Waals surface area contributed by atoms with Crippen molar-refractivity contribution >= 4 is 16.6 Å². The molecule has 1 aromatic heterocycles. The third kappa shape index (κ3) is 2.05. The van der Waals surface area contributed by atoms with Crippen molar-refractivity contribution < 1.29 is 9.00 Å². The monoisotopic (exact) mass is 266 g/mol. The van der Waals surface area contributed by atoms with Gasteiger partial charge in [-0.1, -0.05) is 6.42 Å². The summed E-state index contributed by atoms with van der Waals surface area (Å²) >= 11 is 0. The van der Waals surface area contributed by atoms with E-state index in [-0.39, 0.29) is 22.2 Å². The van der Waals surface area contributed by atoms with E-state index in [1.807, 2.05) is 7.05 Å². The average Bonchev–Trinajstić information content (AvgIpc) is 2.74. The molecule has 3 rings (SSSR count). The van der Waals surface area contributed by atoms with Crippen LogP contribution in [0, 0.1) is 5.92 Å². The van der Waals surface area contributed by atoms with Gasteiger partial charge in [0, 0.05) is 40.5 Å². The maximum Gasteiger partial charge on any atom is 0.186 e. The number of aromatic nitrogens is 2. The molecule has 2 fully saturated rings. The molecule has 0 saturated carbocycles. The van der Waals surface area contributed by atoms with Gasteiger partial charge in [-0.3, -0.25) is 13.7 Å². The second-order valence-electron chi connectivity index (χ2n) is 5.41. The molecule has 0 spiro atoms. The van der Waals surface area contributed by atoms with Gasteiger partial charge in [0.1, 0.15) is 5.69 Å². The van der Waals surface area contributed by atoms with Crippen molar-refractivity contribution in [1.29, 1.82) is 0 Å². The molecule has 2 aliphatic rings. The Morgan fingerprint density at radius 1 is 1.39 bits per heavy atom. The summed E-state index contributed by atoms with van der Waals surface area (Å²) in [5, 5.41) is 4.68. The van der Waals surface area contributed by atoms with Gasteiger partial charge in [0.15, 0.2) is 5.78 Å². The van der Waals surface area contributed by atoms with E-state index in [1.165, 1.54) is 6.42 Å². The fourth-order valence-electron chi connectivity index (χ4n) is 3.20. The Hall–Kier alpha value is -0.970. The number of fused-ring (bicyclic) bond motifs is 2. The maximum atomic E-state index is 12.4. The zero-order valence-electron chi connectivity index (χ0n) is 10.5. The number of hydrogen-bond acceptors (Lipinski definition) is 3. The Bertz CT molecular complexity index is 481. The van der Waals surface area contributed by atoms with E-state index >= 15 is 0 Å². The third-order valence-corrected chi connectivity index (χ3v) is 6.31. The van der Waals surface area contributed by atoms with Gasteiger partial charge in [-0.2, -0.15) is 5.10 Å². The molecular weight excluding hydrogens is 248 g/mol. The molecule has 3 heterocycles. The second-order valence-corrected chi connectivity index (χ2v) is 7.40. The highest BCUT2D eigenvalue weighted by Gasteiger charge is 2.40. The average molecular weight is 266 g/mol. The number of rotatable bonds is 2.